The van der Waals surface area contributed by atoms with Crippen LogP contribution in [-0.4, -0.2) is 36.9 Å². The van der Waals surface area contributed by atoms with Gasteiger partial charge in [-0.3, -0.25) is 0 Å². The van der Waals surface area contributed by atoms with E-state index in [4.69, 9.17) is 14.6 Å². The number of rotatable bonds is 9. The fourth-order valence-corrected chi connectivity index (χ4v) is 4.20. The average Bonchev–Trinajstić information content (AvgIpc) is 3.02. The molecule has 0 saturated heterocycles. The van der Waals surface area contributed by atoms with Gasteiger partial charge in [0, 0.05) is 12.3 Å². The first-order valence-corrected chi connectivity index (χ1v) is 11.5. The number of nitrogens with two attached hydrogens (primary N) is 1. The Bertz CT molecular complexity index is 1050. The number of nitrogens with zero attached hydrogens (tertiary/aromatic N) is 2. The molecule has 0 radical (unpaired) electrons. The summed E-state index contributed by atoms with van der Waals surface area (Å²) in [6.45, 7) is 5.85. The lowest BCUT2D eigenvalue weighted by molar-refractivity contribution is 0.332. The van der Waals surface area contributed by atoms with Crippen molar-refractivity contribution in [3.05, 3.63) is 42.5 Å². The quantitative estimate of drug-likeness (QED) is 0.421. The average molecular weight is 422 g/mol. The molecule has 0 fully saturated rings. The molecule has 0 amide bonds. The Morgan fingerprint density at radius 3 is 2.36 bits per heavy atom. The second-order valence-electron chi connectivity index (χ2n) is 5.94. The van der Waals surface area contributed by atoms with Gasteiger partial charge in [-0.2, -0.15) is 0 Å². The molecule has 3 rings (SSSR count). The number of fused-ring (bicyclic) bond motifs is 1. The van der Waals surface area contributed by atoms with Gasteiger partial charge in [-0.25, -0.2) is 18.5 Å². The van der Waals surface area contributed by atoms with Gasteiger partial charge >= 0.3 is 0 Å². The van der Waals surface area contributed by atoms with Crippen molar-refractivity contribution in [1.82, 2.24) is 9.55 Å². The van der Waals surface area contributed by atoms with E-state index in [1.54, 1.807) is 17.8 Å². The zero-order valence-corrected chi connectivity index (χ0v) is 17.4. The second-order valence-corrected chi connectivity index (χ2v) is 8.56. The standard InChI is InChI=1S/C19H23N3O4S2/c1-3-22-18-10-9-16(28(20,23)24)13-17(18)21-19(22)27-12-11-26-15-7-5-14(6-8-15)25-4-2/h5-10,13H,3-4,11-12H2,1-2H3,(H2,20,23,24). The van der Waals surface area contributed by atoms with Crippen molar-refractivity contribution in [2.24, 2.45) is 5.14 Å². The first kappa shape index (κ1) is 20.5. The highest BCUT2D eigenvalue weighted by molar-refractivity contribution is 7.99. The number of benzene rings is 2. The molecule has 28 heavy (non-hydrogen) atoms. The number of primary sulfonamides is 1. The van der Waals surface area contributed by atoms with E-state index in [2.05, 4.69) is 4.98 Å². The predicted octanol–water partition coefficient (Wildman–Crippen LogP) is 3.27. The maximum atomic E-state index is 11.6. The van der Waals surface area contributed by atoms with Gasteiger partial charge in [0.15, 0.2) is 5.16 Å². The lowest BCUT2D eigenvalue weighted by Gasteiger charge is -2.08. The minimum Gasteiger partial charge on any atom is -0.494 e. The lowest BCUT2D eigenvalue weighted by Crippen LogP contribution is -2.11. The van der Waals surface area contributed by atoms with Crippen LogP contribution >= 0.6 is 11.8 Å². The van der Waals surface area contributed by atoms with Crippen molar-refractivity contribution in [3.63, 3.8) is 0 Å². The maximum Gasteiger partial charge on any atom is 0.238 e. The van der Waals surface area contributed by atoms with Crippen LogP contribution in [-0.2, 0) is 16.6 Å². The van der Waals surface area contributed by atoms with Gasteiger partial charge in [-0.05, 0) is 56.3 Å². The Morgan fingerprint density at radius 2 is 1.75 bits per heavy atom. The van der Waals surface area contributed by atoms with E-state index in [0.29, 0.717) is 24.5 Å². The summed E-state index contributed by atoms with van der Waals surface area (Å²) in [4.78, 5) is 4.63. The second kappa shape index (κ2) is 8.85. The molecule has 0 unspecified atom stereocenters. The van der Waals surface area contributed by atoms with Crippen LogP contribution in [0.5, 0.6) is 11.5 Å². The fraction of sp³-hybridized carbons (Fsp3) is 0.316. The number of ether oxygens (including phenoxy) is 2. The molecule has 7 nitrogen and oxygen atoms in total. The van der Waals surface area contributed by atoms with Crippen LogP contribution in [0.3, 0.4) is 0 Å². The first-order valence-electron chi connectivity index (χ1n) is 8.94. The number of aryl methyl sites for hydroxylation is 1. The number of hydrogen-bond acceptors (Lipinski definition) is 6. The molecule has 0 spiro atoms. The molecule has 0 saturated carbocycles. The van der Waals surface area contributed by atoms with Crippen molar-refractivity contribution in [2.75, 3.05) is 19.0 Å². The van der Waals surface area contributed by atoms with E-state index in [0.717, 1.165) is 28.7 Å². The Balaban J connectivity index is 1.65. The van der Waals surface area contributed by atoms with Crippen molar-refractivity contribution in [3.8, 4) is 11.5 Å². The summed E-state index contributed by atoms with van der Waals surface area (Å²) in [6, 6.07) is 12.3. The van der Waals surface area contributed by atoms with Gasteiger partial charge in [-0.1, -0.05) is 11.8 Å². The summed E-state index contributed by atoms with van der Waals surface area (Å²) in [5.41, 5.74) is 1.49. The van der Waals surface area contributed by atoms with Crippen molar-refractivity contribution >= 4 is 32.8 Å². The van der Waals surface area contributed by atoms with E-state index < -0.39 is 10.0 Å². The molecule has 2 N–H and O–H groups in total. The number of thioether (sulfide) groups is 1. The van der Waals surface area contributed by atoms with Gasteiger partial charge in [0.1, 0.15) is 11.5 Å². The molecule has 0 aliphatic heterocycles. The van der Waals surface area contributed by atoms with Crippen molar-refractivity contribution in [1.29, 1.82) is 0 Å². The SMILES string of the molecule is CCOc1ccc(OCCSc2nc3cc(S(N)(=O)=O)ccc3n2CC)cc1. The Morgan fingerprint density at radius 1 is 1.07 bits per heavy atom. The van der Waals surface area contributed by atoms with E-state index in [9.17, 15) is 8.42 Å². The zero-order valence-electron chi connectivity index (χ0n) is 15.8. The van der Waals surface area contributed by atoms with Crippen LogP contribution in [0.2, 0.25) is 0 Å². The summed E-state index contributed by atoms with van der Waals surface area (Å²) < 4.78 is 36.3. The van der Waals surface area contributed by atoms with Crippen LogP contribution in [0.1, 0.15) is 13.8 Å². The van der Waals surface area contributed by atoms with Crippen LogP contribution in [0.4, 0.5) is 0 Å². The molecule has 0 aliphatic carbocycles. The molecule has 0 aliphatic rings. The molecular weight excluding hydrogens is 398 g/mol. The summed E-state index contributed by atoms with van der Waals surface area (Å²) in [6.07, 6.45) is 0. The Kier molecular flexibility index (Phi) is 6.48. The summed E-state index contributed by atoms with van der Waals surface area (Å²) in [7, 11) is -3.75. The molecular formula is C19H23N3O4S2. The molecule has 0 atom stereocenters. The van der Waals surface area contributed by atoms with Gasteiger partial charge in [0.25, 0.3) is 0 Å². The van der Waals surface area contributed by atoms with E-state index in [1.807, 2.05) is 42.7 Å². The van der Waals surface area contributed by atoms with Gasteiger partial charge < -0.3 is 14.0 Å². The number of sulfonamides is 1. The van der Waals surface area contributed by atoms with Gasteiger partial charge in [0.05, 0.1) is 29.1 Å². The Hall–Kier alpha value is -2.23. The molecule has 3 aromatic rings. The largest absolute Gasteiger partial charge is 0.494 e. The van der Waals surface area contributed by atoms with Gasteiger partial charge in [0.2, 0.25) is 10.0 Å². The predicted molar refractivity (Wildman–Crippen MR) is 111 cm³/mol. The number of aromatic nitrogens is 2. The summed E-state index contributed by atoms with van der Waals surface area (Å²) in [5.74, 6) is 2.31. The highest BCUT2D eigenvalue weighted by Gasteiger charge is 2.14. The number of hydrogen-bond donors (Lipinski definition) is 1. The minimum atomic E-state index is -3.75. The minimum absolute atomic E-state index is 0.0659. The van der Waals surface area contributed by atoms with Crippen LogP contribution in [0.25, 0.3) is 11.0 Å². The van der Waals surface area contributed by atoms with Crippen LogP contribution in [0.15, 0.2) is 52.5 Å². The molecule has 1 heterocycles. The monoisotopic (exact) mass is 421 g/mol. The summed E-state index contributed by atoms with van der Waals surface area (Å²) in [5, 5.41) is 6.03. The van der Waals surface area contributed by atoms with Crippen LogP contribution < -0.4 is 14.6 Å². The number of imidazole rings is 1. The molecule has 1 aromatic heterocycles. The molecule has 0 bridgehead atoms. The lowest BCUT2D eigenvalue weighted by atomic mass is 10.3. The highest BCUT2D eigenvalue weighted by Crippen LogP contribution is 2.26. The molecule has 9 heteroatoms. The smallest absolute Gasteiger partial charge is 0.238 e. The molecule has 150 valence electrons. The Labute approximate surface area is 168 Å². The fourth-order valence-electron chi connectivity index (χ4n) is 2.77. The van der Waals surface area contributed by atoms with Crippen molar-refractivity contribution in [2.45, 2.75) is 30.4 Å². The molecule has 2 aromatic carbocycles. The van der Waals surface area contributed by atoms with E-state index in [1.165, 1.54) is 12.1 Å². The third-order valence-corrected chi connectivity index (χ3v) is 5.90. The normalized spacial score (nSPS) is 11.7. The zero-order chi connectivity index (χ0) is 20.1. The van der Waals surface area contributed by atoms with Gasteiger partial charge in [-0.15, -0.1) is 0 Å². The van der Waals surface area contributed by atoms with Crippen molar-refractivity contribution < 1.29 is 17.9 Å². The van der Waals surface area contributed by atoms with Crippen LogP contribution in [0, 0.1) is 0 Å². The topological polar surface area (TPSA) is 96.4 Å². The third kappa shape index (κ3) is 4.78. The third-order valence-electron chi connectivity index (χ3n) is 4.05. The first-order chi connectivity index (χ1) is 13.4. The maximum absolute atomic E-state index is 11.6. The van der Waals surface area contributed by atoms with E-state index >= 15 is 0 Å². The summed E-state index contributed by atoms with van der Waals surface area (Å²) >= 11 is 1.56. The van der Waals surface area contributed by atoms with E-state index in [-0.39, 0.29) is 4.90 Å². The highest BCUT2D eigenvalue weighted by atomic mass is 32.2.